The van der Waals surface area contributed by atoms with E-state index in [1.807, 2.05) is 48.7 Å². The smallest absolute Gasteiger partial charge is 0.251 e. The molecule has 0 unspecified atom stereocenters. The Hall–Kier alpha value is -3.93. The number of hydrogen-bond donors (Lipinski definition) is 1. The molecular weight excluding hydrogens is 392 g/mol. The number of para-hydroxylation sites is 1. The van der Waals surface area contributed by atoms with Crippen LogP contribution >= 0.6 is 0 Å². The minimum atomic E-state index is -0.160. The van der Waals surface area contributed by atoms with Gasteiger partial charge in [0.15, 0.2) is 11.5 Å². The van der Waals surface area contributed by atoms with E-state index in [0.29, 0.717) is 29.4 Å². The molecule has 0 aliphatic carbocycles. The second-order valence-electron chi connectivity index (χ2n) is 7.01. The second kappa shape index (κ2) is 8.83. The number of methoxy groups -OCH3 is 3. The number of nitrogens with zero attached hydrogens (tertiary/aromatic N) is 1. The molecule has 0 aliphatic heterocycles. The maximum Gasteiger partial charge on any atom is 0.251 e. The lowest BCUT2D eigenvalue weighted by atomic mass is 10.1. The van der Waals surface area contributed by atoms with Crippen molar-refractivity contribution in [3.05, 3.63) is 84.1 Å². The lowest BCUT2D eigenvalue weighted by molar-refractivity contribution is 0.0950. The molecule has 0 saturated heterocycles. The Bertz CT molecular complexity index is 1200. The maximum absolute atomic E-state index is 12.8. The molecule has 6 nitrogen and oxygen atoms in total. The largest absolute Gasteiger partial charge is 0.493 e. The van der Waals surface area contributed by atoms with Crippen molar-refractivity contribution >= 4 is 16.8 Å². The number of hydrogen-bond acceptors (Lipinski definition) is 4. The number of benzene rings is 3. The van der Waals surface area contributed by atoms with Gasteiger partial charge < -0.3 is 24.1 Å². The van der Waals surface area contributed by atoms with E-state index in [-0.39, 0.29) is 5.91 Å². The van der Waals surface area contributed by atoms with Gasteiger partial charge in [0.1, 0.15) is 0 Å². The molecule has 3 aromatic carbocycles. The molecular formula is C25H24N2O4. The Labute approximate surface area is 181 Å². The van der Waals surface area contributed by atoms with Crippen LogP contribution in [-0.2, 0) is 6.54 Å². The molecule has 0 spiro atoms. The SMILES string of the molecule is COc1cc(CNC(=O)c2cccc(-n3ccc4ccccc43)c2)cc(OC)c1OC. The fourth-order valence-electron chi connectivity index (χ4n) is 3.63. The zero-order valence-electron chi connectivity index (χ0n) is 17.7. The quantitative estimate of drug-likeness (QED) is 0.479. The first-order valence-electron chi connectivity index (χ1n) is 9.88. The van der Waals surface area contributed by atoms with E-state index >= 15 is 0 Å². The lowest BCUT2D eigenvalue weighted by Gasteiger charge is -2.14. The van der Waals surface area contributed by atoms with E-state index < -0.39 is 0 Å². The van der Waals surface area contributed by atoms with Crippen LogP contribution in [0, 0.1) is 0 Å². The number of carbonyl (C=O) groups is 1. The number of aromatic nitrogens is 1. The normalized spacial score (nSPS) is 10.7. The number of carbonyl (C=O) groups excluding carboxylic acids is 1. The summed E-state index contributed by atoms with van der Waals surface area (Å²) in [5, 5.41) is 4.12. The summed E-state index contributed by atoms with van der Waals surface area (Å²) in [7, 11) is 4.69. The van der Waals surface area contributed by atoms with Gasteiger partial charge in [-0.15, -0.1) is 0 Å². The fourth-order valence-corrected chi connectivity index (χ4v) is 3.63. The van der Waals surface area contributed by atoms with Crippen molar-refractivity contribution in [1.29, 1.82) is 0 Å². The Balaban J connectivity index is 1.54. The van der Waals surface area contributed by atoms with Crippen molar-refractivity contribution in [1.82, 2.24) is 9.88 Å². The van der Waals surface area contributed by atoms with Gasteiger partial charge in [-0.05, 0) is 53.4 Å². The standard InChI is InChI=1S/C25H24N2O4/c1-29-22-13-17(14-23(30-2)24(22)31-3)16-26-25(28)19-8-6-9-20(15-19)27-12-11-18-7-4-5-10-21(18)27/h4-15H,16H2,1-3H3,(H,26,28). The number of amides is 1. The van der Waals surface area contributed by atoms with Crippen LogP contribution in [0.5, 0.6) is 17.2 Å². The summed E-state index contributed by atoms with van der Waals surface area (Å²) in [6.07, 6.45) is 2.01. The van der Waals surface area contributed by atoms with E-state index in [2.05, 4.69) is 28.1 Å². The van der Waals surface area contributed by atoms with Crippen LogP contribution in [0.4, 0.5) is 0 Å². The molecule has 0 saturated carbocycles. The predicted molar refractivity (Wildman–Crippen MR) is 121 cm³/mol. The van der Waals surface area contributed by atoms with Gasteiger partial charge in [-0.25, -0.2) is 0 Å². The number of nitrogens with one attached hydrogen (secondary N) is 1. The van der Waals surface area contributed by atoms with Crippen molar-refractivity contribution in [2.24, 2.45) is 0 Å². The highest BCUT2D eigenvalue weighted by molar-refractivity contribution is 5.95. The summed E-state index contributed by atoms with van der Waals surface area (Å²) in [5.74, 6) is 1.46. The molecule has 1 N–H and O–H groups in total. The van der Waals surface area contributed by atoms with Crippen LogP contribution in [0.15, 0.2) is 72.9 Å². The van der Waals surface area contributed by atoms with Crippen LogP contribution in [0.2, 0.25) is 0 Å². The first-order chi connectivity index (χ1) is 15.1. The zero-order valence-corrected chi connectivity index (χ0v) is 17.7. The molecule has 0 aliphatic rings. The molecule has 31 heavy (non-hydrogen) atoms. The first kappa shape index (κ1) is 20.3. The molecule has 6 heteroatoms. The predicted octanol–water partition coefficient (Wildman–Crippen LogP) is 4.59. The van der Waals surface area contributed by atoms with E-state index in [4.69, 9.17) is 14.2 Å². The minimum absolute atomic E-state index is 0.160. The van der Waals surface area contributed by atoms with Crippen molar-refractivity contribution < 1.29 is 19.0 Å². The Morgan fingerprint density at radius 2 is 1.61 bits per heavy atom. The zero-order chi connectivity index (χ0) is 21.8. The molecule has 4 aromatic rings. The van der Waals surface area contributed by atoms with E-state index in [1.165, 1.54) is 0 Å². The number of rotatable bonds is 7. The van der Waals surface area contributed by atoms with Crippen molar-refractivity contribution in [3.8, 4) is 22.9 Å². The molecule has 0 atom stereocenters. The molecule has 0 bridgehead atoms. The molecule has 4 rings (SSSR count). The van der Waals surface area contributed by atoms with E-state index in [9.17, 15) is 4.79 Å². The van der Waals surface area contributed by atoms with Crippen LogP contribution in [0.1, 0.15) is 15.9 Å². The van der Waals surface area contributed by atoms with Crippen molar-refractivity contribution in [2.45, 2.75) is 6.54 Å². The van der Waals surface area contributed by atoms with Gasteiger partial charge in [-0.2, -0.15) is 0 Å². The summed E-state index contributed by atoms with van der Waals surface area (Å²) < 4.78 is 18.2. The summed E-state index contributed by atoms with van der Waals surface area (Å²) in [5.41, 5.74) is 3.46. The summed E-state index contributed by atoms with van der Waals surface area (Å²) in [4.78, 5) is 12.8. The van der Waals surface area contributed by atoms with Gasteiger partial charge in [-0.3, -0.25) is 4.79 Å². The summed E-state index contributed by atoms with van der Waals surface area (Å²) in [6, 6.07) is 21.4. The number of ether oxygens (including phenoxy) is 3. The average molecular weight is 416 g/mol. The van der Waals surface area contributed by atoms with Crippen molar-refractivity contribution in [2.75, 3.05) is 21.3 Å². The average Bonchev–Trinajstić information content (AvgIpc) is 3.26. The van der Waals surface area contributed by atoms with E-state index in [1.54, 1.807) is 27.4 Å². The molecule has 158 valence electrons. The third kappa shape index (κ3) is 4.05. The van der Waals surface area contributed by atoms with Gasteiger partial charge in [-0.1, -0.05) is 24.3 Å². The van der Waals surface area contributed by atoms with Crippen LogP contribution in [0.3, 0.4) is 0 Å². The number of fused-ring (bicyclic) bond motifs is 1. The second-order valence-corrected chi connectivity index (χ2v) is 7.01. The third-order valence-corrected chi connectivity index (χ3v) is 5.16. The van der Waals surface area contributed by atoms with Gasteiger partial charge in [0.25, 0.3) is 5.91 Å². The first-order valence-corrected chi connectivity index (χ1v) is 9.88. The van der Waals surface area contributed by atoms with Gasteiger partial charge in [0.05, 0.1) is 26.8 Å². The Morgan fingerprint density at radius 3 is 2.32 bits per heavy atom. The van der Waals surface area contributed by atoms with Gasteiger partial charge >= 0.3 is 0 Å². The van der Waals surface area contributed by atoms with Crippen molar-refractivity contribution in [3.63, 3.8) is 0 Å². The monoisotopic (exact) mass is 416 g/mol. The van der Waals surface area contributed by atoms with E-state index in [0.717, 1.165) is 22.2 Å². The molecule has 1 heterocycles. The highest BCUT2D eigenvalue weighted by Gasteiger charge is 2.14. The molecule has 0 fully saturated rings. The highest BCUT2D eigenvalue weighted by atomic mass is 16.5. The molecule has 1 aromatic heterocycles. The van der Waals surface area contributed by atoms with Crippen LogP contribution in [-0.4, -0.2) is 31.8 Å². The lowest BCUT2D eigenvalue weighted by Crippen LogP contribution is -2.23. The molecule has 1 amide bonds. The van der Waals surface area contributed by atoms with Crippen LogP contribution in [0.25, 0.3) is 16.6 Å². The summed E-state index contributed by atoms with van der Waals surface area (Å²) >= 11 is 0. The summed E-state index contributed by atoms with van der Waals surface area (Å²) in [6.45, 7) is 0.326. The minimum Gasteiger partial charge on any atom is -0.493 e. The van der Waals surface area contributed by atoms with Gasteiger partial charge in [0, 0.05) is 24.0 Å². The Morgan fingerprint density at radius 1 is 0.871 bits per heavy atom. The van der Waals surface area contributed by atoms with Gasteiger partial charge in [0.2, 0.25) is 5.75 Å². The highest BCUT2D eigenvalue weighted by Crippen LogP contribution is 2.38. The van der Waals surface area contributed by atoms with Crippen LogP contribution < -0.4 is 19.5 Å². The fraction of sp³-hybridized carbons (Fsp3) is 0.160. The Kier molecular flexibility index (Phi) is 5.80. The molecule has 0 radical (unpaired) electrons. The topological polar surface area (TPSA) is 61.7 Å². The maximum atomic E-state index is 12.8. The third-order valence-electron chi connectivity index (χ3n) is 5.16.